The summed E-state index contributed by atoms with van der Waals surface area (Å²) >= 11 is 0. The molecule has 0 spiro atoms. The van der Waals surface area contributed by atoms with Gasteiger partial charge < -0.3 is 18.1 Å². The molecule has 0 aliphatic carbocycles. The number of ether oxygens (including phenoxy) is 1. The quantitative estimate of drug-likeness (QED) is 0.357. The summed E-state index contributed by atoms with van der Waals surface area (Å²) in [5.41, 5.74) is 2.86. The summed E-state index contributed by atoms with van der Waals surface area (Å²) in [6.45, 7) is 3.04. The SMILES string of the molecule is Cc1onc(-c2ccccc2)c1-c1nnc(COC(=O)C(C)n2c(=O)oc3ccccc32)o1. The van der Waals surface area contributed by atoms with Gasteiger partial charge in [-0.2, -0.15) is 0 Å². The minimum atomic E-state index is -0.909. The molecule has 33 heavy (non-hydrogen) atoms. The molecule has 10 heteroatoms. The molecule has 3 aromatic heterocycles. The van der Waals surface area contributed by atoms with Crippen LogP contribution in [0.4, 0.5) is 0 Å². The van der Waals surface area contributed by atoms with Crippen molar-refractivity contribution in [2.45, 2.75) is 26.5 Å². The molecule has 2 aromatic carbocycles. The average molecular weight is 446 g/mol. The van der Waals surface area contributed by atoms with Crippen molar-refractivity contribution in [3.8, 4) is 22.7 Å². The van der Waals surface area contributed by atoms with E-state index in [9.17, 15) is 9.59 Å². The maximum absolute atomic E-state index is 12.6. The van der Waals surface area contributed by atoms with E-state index in [1.54, 1.807) is 38.1 Å². The zero-order chi connectivity index (χ0) is 22.9. The van der Waals surface area contributed by atoms with Gasteiger partial charge in [-0.25, -0.2) is 9.59 Å². The maximum atomic E-state index is 12.6. The highest BCUT2D eigenvalue weighted by Crippen LogP contribution is 2.33. The Morgan fingerprint density at radius 3 is 2.64 bits per heavy atom. The number of benzene rings is 2. The summed E-state index contributed by atoms with van der Waals surface area (Å²) in [6.07, 6.45) is 0. The van der Waals surface area contributed by atoms with Crippen molar-refractivity contribution >= 4 is 17.1 Å². The van der Waals surface area contributed by atoms with Crippen LogP contribution in [0.5, 0.6) is 0 Å². The zero-order valence-corrected chi connectivity index (χ0v) is 17.7. The third-order valence-electron chi connectivity index (χ3n) is 5.18. The molecule has 3 heterocycles. The molecular formula is C23H18N4O6. The van der Waals surface area contributed by atoms with Crippen LogP contribution in [0.2, 0.25) is 0 Å². The Morgan fingerprint density at radius 1 is 1.06 bits per heavy atom. The average Bonchev–Trinajstić information content (AvgIpc) is 3.53. The van der Waals surface area contributed by atoms with Gasteiger partial charge in [0.15, 0.2) is 12.2 Å². The van der Waals surface area contributed by atoms with E-state index in [-0.39, 0.29) is 18.4 Å². The van der Waals surface area contributed by atoms with Crippen LogP contribution in [0.25, 0.3) is 33.8 Å². The van der Waals surface area contributed by atoms with Crippen molar-refractivity contribution in [2.24, 2.45) is 0 Å². The van der Waals surface area contributed by atoms with E-state index in [0.717, 1.165) is 5.56 Å². The zero-order valence-electron chi connectivity index (χ0n) is 17.7. The topological polar surface area (TPSA) is 126 Å². The summed E-state index contributed by atoms with van der Waals surface area (Å²) in [7, 11) is 0. The molecule has 1 unspecified atom stereocenters. The highest BCUT2D eigenvalue weighted by Gasteiger charge is 2.25. The number of esters is 1. The van der Waals surface area contributed by atoms with E-state index in [4.69, 9.17) is 18.1 Å². The fourth-order valence-electron chi connectivity index (χ4n) is 3.54. The fourth-order valence-corrected chi connectivity index (χ4v) is 3.54. The van der Waals surface area contributed by atoms with E-state index in [0.29, 0.717) is 28.1 Å². The van der Waals surface area contributed by atoms with E-state index >= 15 is 0 Å². The number of aryl methyl sites for hydroxylation is 1. The van der Waals surface area contributed by atoms with Crippen molar-refractivity contribution in [1.82, 2.24) is 19.9 Å². The normalized spacial score (nSPS) is 12.2. The molecule has 0 amide bonds. The van der Waals surface area contributed by atoms with Crippen LogP contribution in [0.15, 0.2) is 72.7 Å². The molecule has 0 bridgehead atoms. The lowest BCUT2D eigenvalue weighted by Gasteiger charge is -2.11. The molecule has 0 fully saturated rings. The Bertz CT molecular complexity index is 1490. The Kier molecular flexibility index (Phi) is 5.09. The van der Waals surface area contributed by atoms with Gasteiger partial charge in [0.05, 0.1) is 5.52 Å². The Morgan fingerprint density at radius 2 is 1.82 bits per heavy atom. The second-order valence-electron chi connectivity index (χ2n) is 7.32. The Labute approximate surface area is 186 Å². The molecule has 166 valence electrons. The molecule has 10 nitrogen and oxygen atoms in total. The molecule has 0 aliphatic heterocycles. The molecule has 0 aliphatic rings. The number of carbonyl (C=O) groups is 1. The summed E-state index contributed by atoms with van der Waals surface area (Å²) in [6, 6.07) is 15.4. The van der Waals surface area contributed by atoms with Crippen LogP contribution in [0.1, 0.15) is 24.6 Å². The standard InChI is InChI=1S/C23H18N4O6/c1-13(27-16-10-6-7-11-17(16)31-23(27)29)22(28)30-12-18-24-25-21(32-18)19-14(2)33-26-20(19)15-8-4-3-5-9-15/h3-11,13H,12H2,1-2H3. The molecule has 0 saturated carbocycles. The van der Waals surface area contributed by atoms with Gasteiger partial charge in [-0.3, -0.25) is 4.57 Å². The van der Waals surface area contributed by atoms with E-state index in [2.05, 4.69) is 15.4 Å². The number of aromatic nitrogens is 4. The number of oxazole rings is 1. The van der Waals surface area contributed by atoms with Gasteiger partial charge in [-0.05, 0) is 26.0 Å². The first-order valence-corrected chi connectivity index (χ1v) is 10.1. The first kappa shape index (κ1) is 20.4. The highest BCUT2D eigenvalue weighted by molar-refractivity contribution is 5.79. The van der Waals surface area contributed by atoms with Crippen molar-refractivity contribution in [3.05, 3.63) is 76.8 Å². The fraction of sp³-hybridized carbons (Fsp3) is 0.174. The minimum absolute atomic E-state index is 0.0922. The largest absolute Gasteiger partial charge is 0.454 e. The lowest BCUT2D eigenvalue weighted by molar-refractivity contribution is -0.149. The number of rotatable bonds is 6. The highest BCUT2D eigenvalue weighted by atomic mass is 16.5. The van der Waals surface area contributed by atoms with Crippen molar-refractivity contribution in [1.29, 1.82) is 0 Å². The van der Waals surface area contributed by atoms with Crippen molar-refractivity contribution in [2.75, 3.05) is 0 Å². The number of carbonyl (C=O) groups excluding carboxylic acids is 1. The number of nitrogens with zero attached hydrogens (tertiary/aromatic N) is 4. The van der Waals surface area contributed by atoms with Crippen LogP contribution in [-0.4, -0.2) is 25.9 Å². The first-order valence-electron chi connectivity index (χ1n) is 10.1. The number of para-hydroxylation sites is 2. The summed E-state index contributed by atoms with van der Waals surface area (Å²) < 4.78 is 22.8. The van der Waals surface area contributed by atoms with Gasteiger partial charge in [-0.15, -0.1) is 10.2 Å². The lowest BCUT2D eigenvalue weighted by Crippen LogP contribution is -2.26. The van der Waals surface area contributed by atoms with Crippen molar-refractivity contribution in [3.63, 3.8) is 0 Å². The predicted octanol–water partition coefficient (Wildman–Crippen LogP) is 3.91. The monoisotopic (exact) mass is 446 g/mol. The lowest BCUT2D eigenvalue weighted by atomic mass is 10.1. The van der Waals surface area contributed by atoms with Crippen LogP contribution in [0.3, 0.4) is 0 Å². The third kappa shape index (κ3) is 3.71. The van der Waals surface area contributed by atoms with Gasteiger partial charge in [0.1, 0.15) is 23.1 Å². The van der Waals surface area contributed by atoms with Crippen LogP contribution >= 0.6 is 0 Å². The van der Waals surface area contributed by atoms with Crippen LogP contribution < -0.4 is 5.76 Å². The first-order chi connectivity index (χ1) is 16.0. The molecule has 5 aromatic rings. The Hall–Kier alpha value is -4.47. The van der Waals surface area contributed by atoms with E-state index in [1.807, 2.05) is 30.3 Å². The van der Waals surface area contributed by atoms with Gasteiger partial charge in [0.2, 0.25) is 0 Å². The van der Waals surface area contributed by atoms with Crippen LogP contribution in [0, 0.1) is 6.92 Å². The van der Waals surface area contributed by atoms with Crippen molar-refractivity contribution < 1.29 is 22.9 Å². The summed E-state index contributed by atoms with van der Waals surface area (Å²) in [5.74, 6) is -0.481. The Balaban J connectivity index is 1.33. The summed E-state index contributed by atoms with van der Waals surface area (Å²) in [5, 5.41) is 12.1. The number of hydrogen-bond donors (Lipinski definition) is 0. The van der Waals surface area contributed by atoms with Gasteiger partial charge >= 0.3 is 11.7 Å². The van der Waals surface area contributed by atoms with Gasteiger partial charge in [0.25, 0.3) is 11.8 Å². The second kappa shape index (κ2) is 8.23. The summed E-state index contributed by atoms with van der Waals surface area (Å²) in [4.78, 5) is 24.8. The smallest absolute Gasteiger partial charge is 0.420 e. The van der Waals surface area contributed by atoms with Crippen LogP contribution in [-0.2, 0) is 16.1 Å². The molecule has 0 N–H and O–H groups in total. The van der Waals surface area contributed by atoms with E-state index < -0.39 is 17.8 Å². The van der Waals surface area contributed by atoms with Gasteiger partial charge in [0, 0.05) is 5.56 Å². The number of fused-ring (bicyclic) bond motifs is 1. The second-order valence-corrected chi connectivity index (χ2v) is 7.32. The molecule has 1 atom stereocenters. The molecule has 0 saturated heterocycles. The molecule has 0 radical (unpaired) electrons. The molecule has 5 rings (SSSR count). The minimum Gasteiger partial charge on any atom is -0.454 e. The maximum Gasteiger partial charge on any atom is 0.420 e. The van der Waals surface area contributed by atoms with Gasteiger partial charge in [-0.1, -0.05) is 47.6 Å². The van der Waals surface area contributed by atoms with E-state index in [1.165, 1.54) is 4.57 Å². The third-order valence-corrected chi connectivity index (χ3v) is 5.18. The predicted molar refractivity (Wildman–Crippen MR) is 115 cm³/mol. The molecular weight excluding hydrogens is 428 g/mol. The number of hydrogen-bond acceptors (Lipinski definition) is 9.